The molecule has 0 aromatic rings. The van der Waals surface area contributed by atoms with E-state index in [1.807, 2.05) is 0 Å². The van der Waals surface area contributed by atoms with Crippen LogP contribution in [0.1, 0.15) is 45.4 Å². The summed E-state index contributed by atoms with van der Waals surface area (Å²) in [7, 11) is 0. The second kappa shape index (κ2) is 2.17. The number of epoxide rings is 1. The van der Waals surface area contributed by atoms with Crippen molar-refractivity contribution >= 4 is 5.78 Å². The summed E-state index contributed by atoms with van der Waals surface area (Å²) in [5.74, 6) is 0.646. The summed E-state index contributed by atoms with van der Waals surface area (Å²) >= 11 is 0. The Balaban J connectivity index is 1.96. The summed E-state index contributed by atoms with van der Waals surface area (Å²) in [5, 5.41) is 0. The fraction of sp³-hybridized carbons (Fsp3) is 0.909. The van der Waals surface area contributed by atoms with E-state index < -0.39 is 0 Å². The molecule has 0 amide bonds. The van der Waals surface area contributed by atoms with Crippen LogP contribution >= 0.6 is 0 Å². The molecule has 13 heavy (non-hydrogen) atoms. The molecule has 0 aromatic heterocycles. The number of hydrogen-bond acceptors (Lipinski definition) is 2. The van der Waals surface area contributed by atoms with Gasteiger partial charge in [-0.1, -0.05) is 13.3 Å². The highest BCUT2D eigenvalue weighted by atomic mass is 16.6. The maximum absolute atomic E-state index is 12.0. The van der Waals surface area contributed by atoms with Gasteiger partial charge < -0.3 is 4.74 Å². The van der Waals surface area contributed by atoms with Gasteiger partial charge in [0.2, 0.25) is 0 Å². The normalized spacial score (nSPS) is 53.9. The van der Waals surface area contributed by atoms with E-state index in [2.05, 4.69) is 6.92 Å². The van der Waals surface area contributed by atoms with E-state index in [1.165, 1.54) is 12.8 Å². The summed E-state index contributed by atoms with van der Waals surface area (Å²) in [4.78, 5) is 12.0. The highest BCUT2D eigenvalue weighted by Crippen LogP contribution is 2.63. The summed E-state index contributed by atoms with van der Waals surface area (Å²) in [5.41, 5.74) is -0.266. The van der Waals surface area contributed by atoms with Crippen molar-refractivity contribution in [3.05, 3.63) is 0 Å². The summed E-state index contributed by atoms with van der Waals surface area (Å²) in [6.07, 6.45) is 6.73. The number of carbonyl (C=O) groups excluding carboxylic acids is 1. The van der Waals surface area contributed by atoms with Crippen molar-refractivity contribution in [3.8, 4) is 0 Å². The van der Waals surface area contributed by atoms with Gasteiger partial charge >= 0.3 is 0 Å². The van der Waals surface area contributed by atoms with Gasteiger partial charge in [0.05, 0.1) is 0 Å². The molecule has 1 aliphatic heterocycles. The first-order chi connectivity index (χ1) is 6.20. The zero-order chi connectivity index (χ0) is 9.10. The fourth-order valence-corrected chi connectivity index (χ4v) is 3.38. The van der Waals surface area contributed by atoms with Gasteiger partial charge in [0.25, 0.3) is 0 Å². The Morgan fingerprint density at radius 1 is 1.31 bits per heavy atom. The minimum atomic E-state index is -0.289. The van der Waals surface area contributed by atoms with Gasteiger partial charge in [-0.15, -0.1) is 0 Å². The molecule has 0 aromatic carbocycles. The number of rotatable bonds is 0. The van der Waals surface area contributed by atoms with Crippen LogP contribution in [0.25, 0.3) is 0 Å². The second-order valence-corrected chi connectivity index (χ2v) is 4.93. The van der Waals surface area contributed by atoms with Crippen LogP contribution in [-0.2, 0) is 9.53 Å². The van der Waals surface area contributed by atoms with E-state index in [1.54, 1.807) is 0 Å². The fourth-order valence-electron chi connectivity index (χ4n) is 3.38. The lowest BCUT2D eigenvalue weighted by atomic mass is 9.67. The average molecular weight is 180 g/mol. The number of hydrogen-bond donors (Lipinski definition) is 0. The molecule has 1 heterocycles. The maximum atomic E-state index is 12.0. The van der Waals surface area contributed by atoms with Gasteiger partial charge in [0.15, 0.2) is 11.4 Å². The number of ketones is 1. The molecule has 3 rings (SSSR count). The lowest BCUT2D eigenvalue weighted by molar-refractivity contribution is -0.129. The van der Waals surface area contributed by atoms with Crippen LogP contribution in [0, 0.1) is 5.92 Å². The lowest BCUT2D eigenvalue weighted by Crippen LogP contribution is -2.44. The van der Waals surface area contributed by atoms with Gasteiger partial charge in [0, 0.05) is 5.92 Å². The van der Waals surface area contributed by atoms with Crippen molar-refractivity contribution in [2.45, 2.75) is 56.7 Å². The molecular formula is C11H16O2. The summed E-state index contributed by atoms with van der Waals surface area (Å²) < 4.78 is 5.85. The maximum Gasteiger partial charge on any atom is 0.170 e. The van der Waals surface area contributed by atoms with Gasteiger partial charge in [-0.25, -0.2) is 0 Å². The molecule has 3 aliphatic rings. The average Bonchev–Trinajstić information content (AvgIpc) is 2.83. The monoisotopic (exact) mass is 180 g/mol. The smallest absolute Gasteiger partial charge is 0.170 e. The van der Waals surface area contributed by atoms with E-state index >= 15 is 0 Å². The Morgan fingerprint density at radius 2 is 2.08 bits per heavy atom. The van der Waals surface area contributed by atoms with Crippen LogP contribution < -0.4 is 0 Å². The Morgan fingerprint density at radius 3 is 2.92 bits per heavy atom. The predicted molar refractivity (Wildman–Crippen MR) is 48.4 cm³/mol. The molecule has 2 saturated carbocycles. The largest absolute Gasteiger partial charge is 0.354 e. The van der Waals surface area contributed by atoms with Crippen molar-refractivity contribution in [3.63, 3.8) is 0 Å². The molecule has 2 heteroatoms. The van der Waals surface area contributed by atoms with Crippen LogP contribution in [0.15, 0.2) is 0 Å². The minimum Gasteiger partial charge on any atom is -0.354 e. The van der Waals surface area contributed by atoms with Crippen LogP contribution in [0.5, 0.6) is 0 Å². The molecule has 2 nitrogen and oxygen atoms in total. The van der Waals surface area contributed by atoms with E-state index in [9.17, 15) is 4.79 Å². The molecule has 3 fully saturated rings. The van der Waals surface area contributed by atoms with E-state index in [0.717, 1.165) is 25.7 Å². The Bertz CT molecular complexity index is 273. The summed E-state index contributed by atoms with van der Waals surface area (Å²) in [6, 6.07) is 0. The van der Waals surface area contributed by atoms with Gasteiger partial charge in [-0.3, -0.25) is 4.79 Å². The van der Waals surface area contributed by atoms with Crippen LogP contribution in [-0.4, -0.2) is 17.0 Å². The third kappa shape index (κ3) is 0.762. The Hall–Kier alpha value is -0.370. The first-order valence-electron chi connectivity index (χ1n) is 5.45. The quantitative estimate of drug-likeness (QED) is 0.534. The highest BCUT2D eigenvalue weighted by molar-refractivity contribution is 5.94. The van der Waals surface area contributed by atoms with Crippen molar-refractivity contribution < 1.29 is 9.53 Å². The zero-order valence-electron chi connectivity index (χ0n) is 8.14. The number of ether oxygens (including phenoxy) is 1. The second-order valence-electron chi connectivity index (χ2n) is 4.93. The van der Waals surface area contributed by atoms with Crippen molar-refractivity contribution in [1.29, 1.82) is 0 Å². The van der Waals surface area contributed by atoms with Gasteiger partial charge in [0.1, 0.15) is 5.60 Å². The Kier molecular flexibility index (Phi) is 1.33. The Labute approximate surface area is 78.6 Å². The lowest BCUT2D eigenvalue weighted by Gasteiger charge is -2.30. The standard InChI is InChI=1S/C11H16O2/c1-8-4-7-10-5-2-3-6-11(10,13-10)9(8)12/h8H,2-7H2,1H3/t8-,10-,11+/m0/s1. The molecule has 3 atom stereocenters. The molecular weight excluding hydrogens is 164 g/mol. The first kappa shape index (κ1) is 7.98. The highest BCUT2D eigenvalue weighted by Gasteiger charge is 2.75. The van der Waals surface area contributed by atoms with Crippen LogP contribution in [0.3, 0.4) is 0 Å². The third-order valence-corrected chi connectivity index (χ3v) is 4.25. The van der Waals surface area contributed by atoms with E-state index in [4.69, 9.17) is 4.74 Å². The number of carbonyl (C=O) groups is 1. The molecule has 0 spiro atoms. The number of Topliss-reactive ketones (excluding diaryl/α,β-unsaturated/α-hetero) is 1. The molecule has 0 unspecified atom stereocenters. The van der Waals surface area contributed by atoms with Crippen molar-refractivity contribution in [2.24, 2.45) is 5.92 Å². The molecule has 0 radical (unpaired) electrons. The minimum absolute atomic E-state index is 0.0227. The van der Waals surface area contributed by atoms with Crippen molar-refractivity contribution in [1.82, 2.24) is 0 Å². The van der Waals surface area contributed by atoms with Crippen LogP contribution in [0.2, 0.25) is 0 Å². The van der Waals surface area contributed by atoms with Crippen molar-refractivity contribution in [2.75, 3.05) is 0 Å². The first-order valence-corrected chi connectivity index (χ1v) is 5.45. The van der Waals surface area contributed by atoms with Gasteiger partial charge in [-0.05, 0) is 32.1 Å². The molecule has 0 bridgehead atoms. The predicted octanol–water partition coefficient (Wildman–Crippen LogP) is 2.07. The SMILES string of the molecule is C[C@H]1CC[C@@]23CCCC[C@@]2(O3)C1=O. The van der Waals surface area contributed by atoms with Crippen LogP contribution in [0.4, 0.5) is 0 Å². The molecule has 72 valence electrons. The zero-order valence-corrected chi connectivity index (χ0v) is 8.14. The molecule has 0 N–H and O–H groups in total. The third-order valence-electron chi connectivity index (χ3n) is 4.25. The molecule has 1 saturated heterocycles. The molecule has 2 aliphatic carbocycles. The topological polar surface area (TPSA) is 29.6 Å². The van der Waals surface area contributed by atoms with E-state index in [0.29, 0.717) is 5.78 Å². The van der Waals surface area contributed by atoms with E-state index in [-0.39, 0.29) is 17.1 Å². The van der Waals surface area contributed by atoms with Gasteiger partial charge in [-0.2, -0.15) is 0 Å². The summed E-state index contributed by atoms with van der Waals surface area (Å²) in [6.45, 7) is 2.05.